The first-order chi connectivity index (χ1) is 10.4. The molecular weight excluding hydrogens is 278 g/mol. The second-order valence-electron chi connectivity index (χ2n) is 6.12. The Kier molecular flexibility index (Phi) is 3.24. The summed E-state index contributed by atoms with van der Waals surface area (Å²) >= 11 is 0. The summed E-state index contributed by atoms with van der Waals surface area (Å²) in [6.07, 6.45) is 1.47. The first-order valence-corrected chi connectivity index (χ1v) is 7.06. The molecule has 0 aliphatic heterocycles. The van der Waals surface area contributed by atoms with E-state index in [2.05, 4.69) is 30.7 Å². The van der Waals surface area contributed by atoms with Crippen molar-refractivity contribution in [1.29, 1.82) is 0 Å². The van der Waals surface area contributed by atoms with Crippen molar-refractivity contribution >= 4 is 16.9 Å². The van der Waals surface area contributed by atoms with Crippen LogP contribution in [0.3, 0.4) is 0 Å². The Morgan fingerprint density at radius 3 is 2.36 bits per heavy atom. The predicted octanol–water partition coefficient (Wildman–Crippen LogP) is 2.84. The summed E-state index contributed by atoms with van der Waals surface area (Å²) in [6, 6.07) is 7.72. The molecule has 0 aliphatic carbocycles. The first kappa shape index (κ1) is 14.3. The zero-order chi connectivity index (χ0) is 15.9. The number of nitrogens with two attached hydrogens (primary N) is 1. The van der Waals surface area contributed by atoms with Gasteiger partial charge in [-0.25, -0.2) is 14.6 Å². The SMILES string of the molecule is COc1ccc(-c2nn(C(C)(C)C)c3ncnc(N)c23)cc1. The van der Waals surface area contributed by atoms with Gasteiger partial charge in [0.2, 0.25) is 0 Å². The number of ether oxygens (including phenoxy) is 1. The molecule has 0 fully saturated rings. The number of nitrogen functional groups attached to an aromatic ring is 1. The summed E-state index contributed by atoms with van der Waals surface area (Å²) in [5, 5.41) is 5.52. The van der Waals surface area contributed by atoms with Crippen LogP contribution < -0.4 is 10.5 Å². The number of methoxy groups -OCH3 is 1. The second-order valence-corrected chi connectivity index (χ2v) is 6.12. The summed E-state index contributed by atoms with van der Waals surface area (Å²) in [5.41, 5.74) is 8.35. The van der Waals surface area contributed by atoms with Crippen LogP contribution >= 0.6 is 0 Å². The molecule has 2 aromatic heterocycles. The van der Waals surface area contributed by atoms with Crippen LogP contribution in [0.15, 0.2) is 30.6 Å². The molecule has 22 heavy (non-hydrogen) atoms. The van der Waals surface area contributed by atoms with Gasteiger partial charge in [-0.1, -0.05) is 0 Å². The lowest BCUT2D eigenvalue weighted by atomic mass is 10.1. The van der Waals surface area contributed by atoms with Crippen LogP contribution in [0.4, 0.5) is 5.82 Å². The highest BCUT2D eigenvalue weighted by Crippen LogP contribution is 2.33. The number of benzene rings is 1. The molecule has 0 atom stereocenters. The standard InChI is InChI=1S/C16H19N5O/c1-16(2,3)21-15-12(14(17)18-9-19-15)13(20-21)10-5-7-11(22-4)8-6-10/h5-9H,1-4H3,(H2,17,18,19). The van der Waals surface area contributed by atoms with Gasteiger partial charge in [0.25, 0.3) is 0 Å². The number of nitrogens with zero attached hydrogens (tertiary/aromatic N) is 4. The van der Waals surface area contributed by atoms with Crippen molar-refractivity contribution in [3.8, 4) is 17.0 Å². The average Bonchev–Trinajstić information content (AvgIpc) is 2.88. The van der Waals surface area contributed by atoms with Gasteiger partial charge in [-0.15, -0.1) is 0 Å². The molecule has 0 bridgehead atoms. The Bertz CT molecular complexity index is 815. The quantitative estimate of drug-likeness (QED) is 0.787. The van der Waals surface area contributed by atoms with Crippen LogP contribution in [0.25, 0.3) is 22.3 Å². The molecule has 0 unspecified atom stereocenters. The molecule has 0 saturated carbocycles. The van der Waals surface area contributed by atoms with Gasteiger partial charge in [0.1, 0.15) is 23.6 Å². The van der Waals surface area contributed by atoms with Crippen molar-refractivity contribution in [1.82, 2.24) is 19.7 Å². The van der Waals surface area contributed by atoms with Gasteiger partial charge < -0.3 is 10.5 Å². The van der Waals surface area contributed by atoms with Crippen LogP contribution in [0.2, 0.25) is 0 Å². The van der Waals surface area contributed by atoms with Gasteiger partial charge in [0.05, 0.1) is 18.0 Å². The van der Waals surface area contributed by atoms with Gasteiger partial charge in [-0.05, 0) is 45.0 Å². The van der Waals surface area contributed by atoms with E-state index in [4.69, 9.17) is 15.6 Å². The Balaban J connectivity index is 2.29. The highest BCUT2D eigenvalue weighted by atomic mass is 16.5. The average molecular weight is 297 g/mol. The molecule has 0 saturated heterocycles. The maximum absolute atomic E-state index is 6.08. The van der Waals surface area contributed by atoms with E-state index in [-0.39, 0.29) is 5.54 Å². The van der Waals surface area contributed by atoms with E-state index in [1.807, 2.05) is 28.9 Å². The smallest absolute Gasteiger partial charge is 0.164 e. The molecule has 0 amide bonds. The fourth-order valence-corrected chi connectivity index (χ4v) is 2.39. The Morgan fingerprint density at radius 2 is 1.77 bits per heavy atom. The second kappa shape index (κ2) is 4.98. The summed E-state index contributed by atoms with van der Waals surface area (Å²) in [5.74, 6) is 1.24. The molecule has 3 rings (SSSR count). The van der Waals surface area contributed by atoms with Crippen molar-refractivity contribution in [2.75, 3.05) is 12.8 Å². The topological polar surface area (TPSA) is 78.8 Å². The van der Waals surface area contributed by atoms with Crippen molar-refractivity contribution in [3.05, 3.63) is 30.6 Å². The third-order valence-corrected chi connectivity index (χ3v) is 3.49. The normalized spacial score (nSPS) is 11.8. The molecular formula is C16H19N5O. The number of aromatic nitrogens is 4. The van der Waals surface area contributed by atoms with E-state index >= 15 is 0 Å². The van der Waals surface area contributed by atoms with E-state index in [1.165, 1.54) is 6.33 Å². The molecule has 6 heteroatoms. The van der Waals surface area contributed by atoms with E-state index in [1.54, 1.807) is 7.11 Å². The lowest BCUT2D eigenvalue weighted by Crippen LogP contribution is -2.23. The van der Waals surface area contributed by atoms with Crippen LogP contribution in [0.5, 0.6) is 5.75 Å². The third-order valence-electron chi connectivity index (χ3n) is 3.49. The van der Waals surface area contributed by atoms with Gasteiger partial charge in [0, 0.05) is 5.56 Å². The molecule has 0 radical (unpaired) electrons. The van der Waals surface area contributed by atoms with Gasteiger partial charge >= 0.3 is 0 Å². The van der Waals surface area contributed by atoms with Crippen molar-refractivity contribution in [2.45, 2.75) is 26.3 Å². The van der Waals surface area contributed by atoms with E-state index in [0.717, 1.165) is 28.0 Å². The lowest BCUT2D eigenvalue weighted by molar-refractivity contribution is 0.366. The highest BCUT2D eigenvalue weighted by Gasteiger charge is 2.23. The van der Waals surface area contributed by atoms with E-state index in [9.17, 15) is 0 Å². The zero-order valence-corrected chi connectivity index (χ0v) is 13.2. The Hall–Kier alpha value is -2.63. The lowest BCUT2D eigenvalue weighted by Gasteiger charge is -2.19. The van der Waals surface area contributed by atoms with Gasteiger partial charge in [-0.2, -0.15) is 5.10 Å². The third kappa shape index (κ3) is 2.26. The van der Waals surface area contributed by atoms with Gasteiger partial charge in [0.15, 0.2) is 5.65 Å². The highest BCUT2D eigenvalue weighted by molar-refractivity contribution is 5.98. The zero-order valence-electron chi connectivity index (χ0n) is 13.2. The molecule has 0 spiro atoms. The molecule has 1 aromatic carbocycles. The largest absolute Gasteiger partial charge is 0.497 e. The van der Waals surface area contributed by atoms with Crippen molar-refractivity contribution in [2.24, 2.45) is 0 Å². The summed E-state index contributed by atoms with van der Waals surface area (Å²) in [7, 11) is 1.64. The van der Waals surface area contributed by atoms with Crippen molar-refractivity contribution < 1.29 is 4.74 Å². The fraction of sp³-hybridized carbons (Fsp3) is 0.312. The monoisotopic (exact) mass is 297 g/mol. The Morgan fingerprint density at radius 1 is 1.09 bits per heavy atom. The number of hydrogen-bond donors (Lipinski definition) is 1. The summed E-state index contributed by atoms with van der Waals surface area (Å²) in [6.45, 7) is 6.24. The number of rotatable bonds is 2. The number of fused-ring (bicyclic) bond motifs is 1. The molecule has 0 aliphatic rings. The Labute approximate surface area is 128 Å². The molecule has 2 N–H and O–H groups in total. The van der Waals surface area contributed by atoms with Crippen molar-refractivity contribution in [3.63, 3.8) is 0 Å². The fourth-order valence-electron chi connectivity index (χ4n) is 2.39. The maximum Gasteiger partial charge on any atom is 0.164 e. The van der Waals surface area contributed by atoms with Crippen LogP contribution in [-0.4, -0.2) is 26.9 Å². The maximum atomic E-state index is 6.08. The van der Waals surface area contributed by atoms with Crippen LogP contribution in [0.1, 0.15) is 20.8 Å². The first-order valence-electron chi connectivity index (χ1n) is 7.06. The minimum atomic E-state index is -0.205. The van der Waals surface area contributed by atoms with E-state index in [0.29, 0.717) is 5.82 Å². The van der Waals surface area contributed by atoms with Crippen LogP contribution in [0, 0.1) is 0 Å². The van der Waals surface area contributed by atoms with E-state index < -0.39 is 0 Å². The molecule has 6 nitrogen and oxygen atoms in total. The predicted molar refractivity (Wildman–Crippen MR) is 86.7 cm³/mol. The number of hydrogen-bond acceptors (Lipinski definition) is 5. The molecule has 2 heterocycles. The molecule has 3 aromatic rings. The summed E-state index contributed by atoms with van der Waals surface area (Å²) < 4.78 is 7.09. The van der Waals surface area contributed by atoms with Gasteiger partial charge in [-0.3, -0.25) is 0 Å². The number of anilines is 1. The molecule has 114 valence electrons. The van der Waals surface area contributed by atoms with Crippen LogP contribution in [-0.2, 0) is 5.54 Å². The summed E-state index contributed by atoms with van der Waals surface area (Å²) in [4.78, 5) is 8.48. The minimum Gasteiger partial charge on any atom is -0.497 e. The minimum absolute atomic E-state index is 0.205.